The summed E-state index contributed by atoms with van der Waals surface area (Å²) in [6.07, 6.45) is 7.51. The van der Waals surface area contributed by atoms with Crippen LogP contribution in [0, 0.1) is 6.92 Å². The van der Waals surface area contributed by atoms with Crippen molar-refractivity contribution in [2.24, 2.45) is 0 Å². The minimum atomic E-state index is -0.727. The number of likely N-dealkylation sites (tertiary alicyclic amines) is 1. The summed E-state index contributed by atoms with van der Waals surface area (Å²) in [6, 6.07) is 11.8. The maximum Gasteiger partial charge on any atom is 0.295 e. The molecule has 0 spiro atoms. The number of nitrogens with zero attached hydrogens (tertiary/aromatic N) is 4. The van der Waals surface area contributed by atoms with E-state index in [0.717, 1.165) is 5.56 Å². The van der Waals surface area contributed by atoms with E-state index in [-0.39, 0.29) is 11.3 Å². The number of amides is 1. The van der Waals surface area contributed by atoms with Gasteiger partial charge in [0.25, 0.3) is 11.7 Å². The van der Waals surface area contributed by atoms with Crippen LogP contribution >= 0.6 is 0 Å². The zero-order valence-corrected chi connectivity index (χ0v) is 16.6. The Labute approximate surface area is 174 Å². The molecule has 0 aliphatic carbocycles. The van der Waals surface area contributed by atoms with E-state index < -0.39 is 17.7 Å². The number of pyridine rings is 1. The average molecular weight is 402 g/mol. The van der Waals surface area contributed by atoms with Crippen molar-refractivity contribution >= 4 is 17.4 Å². The molecule has 1 aliphatic rings. The number of carbonyl (C=O) groups excluding carboxylic acids is 2. The maximum absolute atomic E-state index is 12.9. The first-order valence-corrected chi connectivity index (χ1v) is 9.78. The fourth-order valence-electron chi connectivity index (χ4n) is 3.67. The van der Waals surface area contributed by atoms with E-state index in [2.05, 4.69) is 9.97 Å². The molecule has 152 valence electrons. The second kappa shape index (κ2) is 8.32. The Morgan fingerprint density at radius 1 is 1.07 bits per heavy atom. The van der Waals surface area contributed by atoms with Gasteiger partial charge in [0, 0.05) is 37.2 Å². The Morgan fingerprint density at radius 3 is 2.53 bits per heavy atom. The molecule has 30 heavy (non-hydrogen) atoms. The second-order valence-corrected chi connectivity index (χ2v) is 7.27. The molecule has 7 nitrogen and oxygen atoms in total. The van der Waals surface area contributed by atoms with Crippen LogP contribution < -0.4 is 0 Å². The van der Waals surface area contributed by atoms with Crippen LogP contribution in [-0.4, -0.2) is 42.8 Å². The van der Waals surface area contributed by atoms with E-state index in [9.17, 15) is 14.7 Å². The molecule has 4 rings (SSSR count). The zero-order valence-electron chi connectivity index (χ0n) is 16.6. The highest BCUT2D eigenvalue weighted by molar-refractivity contribution is 6.46. The third-order valence-corrected chi connectivity index (χ3v) is 5.21. The minimum absolute atomic E-state index is 0.0742. The lowest BCUT2D eigenvalue weighted by Gasteiger charge is -2.24. The first-order chi connectivity index (χ1) is 14.6. The summed E-state index contributed by atoms with van der Waals surface area (Å²) in [4.78, 5) is 35.7. The predicted octanol–water partition coefficient (Wildman–Crippen LogP) is 3.10. The van der Waals surface area contributed by atoms with Crippen molar-refractivity contribution in [2.75, 3.05) is 6.54 Å². The number of benzene rings is 1. The lowest BCUT2D eigenvalue weighted by atomic mass is 9.98. The van der Waals surface area contributed by atoms with Gasteiger partial charge in [-0.15, -0.1) is 0 Å². The first-order valence-electron chi connectivity index (χ1n) is 9.78. The van der Waals surface area contributed by atoms with Crippen molar-refractivity contribution in [1.29, 1.82) is 0 Å². The molecular weight excluding hydrogens is 380 g/mol. The monoisotopic (exact) mass is 402 g/mol. The standard InChI is InChI=1S/C23H22N4O3/c1-16-6-8-17(9-7-16)21(28)19-20(18-5-2-3-10-25-18)27(23(30)22(19)29)13-4-12-26-14-11-24-15-26/h2-3,5-11,14-15,20,28H,4,12-13H2,1H3/b21-19+/t20-/m1/s1. The van der Waals surface area contributed by atoms with Gasteiger partial charge >= 0.3 is 0 Å². The number of hydrogen-bond acceptors (Lipinski definition) is 5. The molecule has 1 aromatic carbocycles. The number of aliphatic hydroxyl groups is 1. The SMILES string of the molecule is Cc1ccc(/C(O)=C2\C(=O)C(=O)N(CCCn3ccnc3)[C@@H]2c2ccccn2)cc1. The van der Waals surface area contributed by atoms with Crippen LogP contribution in [0.1, 0.15) is 29.3 Å². The van der Waals surface area contributed by atoms with Gasteiger partial charge in [0.1, 0.15) is 11.8 Å². The van der Waals surface area contributed by atoms with Crippen molar-refractivity contribution in [1.82, 2.24) is 19.4 Å². The van der Waals surface area contributed by atoms with Gasteiger partial charge in [-0.25, -0.2) is 4.98 Å². The van der Waals surface area contributed by atoms with Crippen LogP contribution in [0.25, 0.3) is 5.76 Å². The van der Waals surface area contributed by atoms with Crippen LogP contribution in [0.4, 0.5) is 0 Å². The van der Waals surface area contributed by atoms with E-state index in [0.29, 0.717) is 30.8 Å². The molecule has 3 heterocycles. The van der Waals surface area contributed by atoms with E-state index in [1.807, 2.05) is 29.8 Å². The summed E-state index contributed by atoms with van der Waals surface area (Å²) in [5.74, 6) is -1.49. The number of aliphatic hydroxyl groups excluding tert-OH is 1. The molecule has 1 N–H and O–H groups in total. The van der Waals surface area contributed by atoms with Gasteiger partial charge < -0.3 is 14.6 Å². The lowest BCUT2D eigenvalue weighted by Crippen LogP contribution is -2.31. The van der Waals surface area contributed by atoms with Gasteiger partial charge in [0.2, 0.25) is 0 Å². The van der Waals surface area contributed by atoms with Crippen LogP contribution in [-0.2, 0) is 16.1 Å². The summed E-state index contributed by atoms with van der Waals surface area (Å²) in [7, 11) is 0. The summed E-state index contributed by atoms with van der Waals surface area (Å²) < 4.78 is 1.92. The average Bonchev–Trinajstić information content (AvgIpc) is 3.37. The van der Waals surface area contributed by atoms with Crippen LogP contribution in [0.2, 0.25) is 0 Å². The molecule has 1 fully saturated rings. The number of hydrogen-bond donors (Lipinski definition) is 1. The topological polar surface area (TPSA) is 88.3 Å². The number of aryl methyl sites for hydroxylation is 2. The molecule has 1 amide bonds. The van der Waals surface area contributed by atoms with E-state index in [4.69, 9.17) is 0 Å². The molecule has 1 saturated heterocycles. The third-order valence-electron chi connectivity index (χ3n) is 5.21. The van der Waals surface area contributed by atoms with Crippen LogP contribution in [0.3, 0.4) is 0 Å². The smallest absolute Gasteiger partial charge is 0.295 e. The first kappa shape index (κ1) is 19.6. The summed E-state index contributed by atoms with van der Waals surface area (Å²) in [5, 5.41) is 11.0. The summed E-state index contributed by atoms with van der Waals surface area (Å²) >= 11 is 0. The molecule has 3 aromatic rings. The van der Waals surface area contributed by atoms with Crippen molar-refractivity contribution in [3.63, 3.8) is 0 Å². The van der Waals surface area contributed by atoms with Gasteiger partial charge in [-0.3, -0.25) is 14.6 Å². The molecule has 1 atom stereocenters. The quantitative estimate of drug-likeness (QED) is 0.389. The maximum atomic E-state index is 12.9. The third kappa shape index (κ3) is 3.74. The zero-order chi connectivity index (χ0) is 21.1. The van der Waals surface area contributed by atoms with Crippen LogP contribution in [0.15, 0.2) is 73.0 Å². The fraction of sp³-hybridized carbons (Fsp3) is 0.217. The summed E-state index contributed by atoms with van der Waals surface area (Å²) in [6.45, 7) is 2.96. The normalized spacial score (nSPS) is 18.2. The van der Waals surface area contributed by atoms with Crippen molar-refractivity contribution in [3.8, 4) is 0 Å². The number of imidazole rings is 1. The largest absolute Gasteiger partial charge is 0.507 e. The van der Waals surface area contributed by atoms with Crippen molar-refractivity contribution in [2.45, 2.75) is 25.9 Å². The van der Waals surface area contributed by atoms with Gasteiger partial charge in [0.05, 0.1) is 17.6 Å². The lowest BCUT2D eigenvalue weighted by molar-refractivity contribution is -0.140. The number of carbonyl (C=O) groups is 2. The Balaban J connectivity index is 1.71. The second-order valence-electron chi connectivity index (χ2n) is 7.27. The highest BCUT2D eigenvalue weighted by Gasteiger charge is 2.46. The van der Waals surface area contributed by atoms with Gasteiger partial charge in [-0.1, -0.05) is 35.9 Å². The van der Waals surface area contributed by atoms with Crippen LogP contribution in [0.5, 0.6) is 0 Å². The molecule has 0 bridgehead atoms. The number of aromatic nitrogens is 3. The van der Waals surface area contributed by atoms with Gasteiger partial charge in [-0.2, -0.15) is 0 Å². The summed E-state index contributed by atoms with van der Waals surface area (Å²) in [5.41, 5.74) is 2.16. The number of ketones is 1. The Bertz CT molecular complexity index is 1070. The molecule has 0 saturated carbocycles. The predicted molar refractivity (Wildman–Crippen MR) is 111 cm³/mol. The Kier molecular flexibility index (Phi) is 5.43. The molecule has 0 unspecified atom stereocenters. The van der Waals surface area contributed by atoms with E-state index >= 15 is 0 Å². The fourth-order valence-corrected chi connectivity index (χ4v) is 3.67. The highest BCUT2D eigenvalue weighted by Crippen LogP contribution is 2.38. The number of rotatable bonds is 6. The van der Waals surface area contributed by atoms with Crippen molar-refractivity contribution in [3.05, 3.63) is 89.8 Å². The molecule has 2 aromatic heterocycles. The van der Waals surface area contributed by atoms with Gasteiger partial charge in [-0.05, 0) is 25.5 Å². The van der Waals surface area contributed by atoms with E-state index in [1.54, 1.807) is 49.1 Å². The van der Waals surface area contributed by atoms with Gasteiger partial charge in [0.15, 0.2) is 0 Å². The molecule has 7 heteroatoms. The Hall–Kier alpha value is -3.74. The van der Waals surface area contributed by atoms with Crippen molar-refractivity contribution < 1.29 is 14.7 Å². The highest BCUT2D eigenvalue weighted by atomic mass is 16.3. The molecule has 1 aliphatic heterocycles. The Morgan fingerprint density at radius 2 is 1.87 bits per heavy atom. The number of Topliss-reactive ketones (excluding diaryl/α,β-unsaturated/α-hetero) is 1. The molecular formula is C23H22N4O3. The van der Waals surface area contributed by atoms with E-state index in [1.165, 1.54) is 4.90 Å². The minimum Gasteiger partial charge on any atom is -0.507 e. The molecule has 0 radical (unpaired) electrons.